The Morgan fingerprint density at radius 1 is 1.62 bits per heavy atom. The Morgan fingerprint density at radius 3 is 3.06 bits per heavy atom. The molecule has 0 saturated carbocycles. The molecule has 0 bridgehead atoms. The fourth-order valence-corrected chi connectivity index (χ4v) is 2.49. The van der Waals surface area contributed by atoms with Gasteiger partial charge in [0.05, 0.1) is 6.61 Å². The molecule has 1 aromatic carbocycles. The maximum absolute atomic E-state index is 10.6. The topological polar surface area (TPSA) is 46.5 Å². The van der Waals surface area contributed by atoms with E-state index < -0.39 is 5.97 Å². The first-order valence-corrected chi connectivity index (χ1v) is 6.04. The number of hydrogen-bond donors (Lipinski definition) is 1. The van der Waals surface area contributed by atoms with Gasteiger partial charge in [0.25, 0.3) is 0 Å². The van der Waals surface area contributed by atoms with E-state index in [1.165, 1.54) is 5.56 Å². The maximum Gasteiger partial charge on any atom is 0.303 e. The van der Waals surface area contributed by atoms with Crippen LogP contribution in [-0.2, 0) is 17.6 Å². The summed E-state index contributed by atoms with van der Waals surface area (Å²) >= 11 is 3.51. The largest absolute Gasteiger partial charge is 0.493 e. The third-order valence-electron chi connectivity index (χ3n) is 2.82. The number of ether oxygens (including phenoxy) is 1. The number of carbonyl (C=O) groups is 1. The molecule has 0 aromatic heterocycles. The monoisotopic (exact) mass is 284 g/mol. The fraction of sp³-hybridized carbons (Fsp3) is 0.417. The third-order valence-corrected chi connectivity index (χ3v) is 3.92. The quantitative estimate of drug-likeness (QED) is 0.928. The number of hydrogen-bond acceptors (Lipinski definition) is 2. The minimum absolute atomic E-state index is 0.164. The van der Waals surface area contributed by atoms with Gasteiger partial charge in [0.2, 0.25) is 0 Å². The summed E-state index contributed by atoms with van der Waals surface area (Å²) in [5.74, 6) is 0.201. The highest BCUT2D eigenvalue weighted by atomic mass is 79.9. The minimum Gasteiger partial charge on any atom is -0.493 e. The first kappa shape index (κ1) is 11.5. The summed E-state index contributed by atoms with van der Waals surface area (Å²) in [5, 5.41) is 8.69. The molecule has 1 aliphatic rings. The number of aliphatic carboxylic acids is 1. The zero-order chi connectivity index (χ0) is 11.7. The van der Waals surface area contributed by atoms with Gasteiger partial charge in [-0.05, 0) is 24.5 Å². The van der Waals surface area contributed by atoms with E-state index in [1.54, 1.807) is 0 Å². The number of halogens is 1. The second-order valence-electron chi connectivity index (χ2n) is 3.96. The van der Waals surface area contributed by atoms with Gasteiger partial charge >= 0.3 is 5.97 Å². The molecule has 1 aliphatic heterocycles. The molecule has 3 nitrogen and oxygen atoms in total. The predicted octanol–water partition coefficient (Wildman–Crippen LogP) is 2.71. The first-order chi connectivity index (χ1) is 7.59. The van der Waals surface area contributed by atoms with Crippen molar-refractivity contribution < 1.29 is 14.6 Å². The summed E-state index contributed by atoms with van der Waals surface area (Å²) in [6.45, 7) is 2.73. The highest BCUT2D eigenvalue weighted by Crippen LogP contribution is 2.37. The summed E-state index contributed by atoms with van der Waals surface area (Å²) in [7, 11) is 0. The Bertz CT molecular complexity index is 440. The van der Waals surface area contributed by atoms with Crippen molar-refractivity contribution in [3.05, 3.63) is 27.2 Å². The van der Waals surface area contributed by atoms with Crippen molar-refractivity contribution in [1.29, 1.82) is 0 Å². The maximum atomic E-state index is 10.6. The molecule has 4 heteroatoms. The second-order valence-corrected chi connectivity index (χ2v) is 4.75. The molecule has 16 heavy (non-hydrogen) atoms. The van der Waals surface area contributed by atoms with E-state index in [0.29, 0.717) is 6.42 Å². The third kappa shape index (κ3) is 2.07. The lowest BCUT2D eigenvalue weighted by Crippen LogP contribution is -2.00. The zero-order valence-electron chi connectivity index (χ0n) is 9.05. The molecule has 0 saturated heterocycles. The van der Waals surface area contributed by atoms with Gasteiger partial charge in [0.1, 0.15) is 5.75 Å². The Morgan fingerprint density at radius 2 is 2.38 bits per heavy atom. The van der Waals surface area contributed by atoms with E-state index in [9.17, 15) is 4.79 Å². The summed E-state index contributed by atoms with van der Waals surface area (Å²) in [6.07, 6.45) is 1.64. The fourth-order valence-electron chi connectivity index (χ4n) is 1.99. The Labute approximate surface area is 103 Å². The lowest BCUT2D eigenvalue weighted by atomic mass is 10.0. The summed E-state index contributed by atoms with van der Waals surface area (Å²) in [6, 6.07) is 2.06. The standard InChI is InChI=1S/C12H13BrO3/c1-7-11(13)8(2-3-10(14)15)6-9-4-5-16-12(7)9/h6H,2-5H2,1H3,(H,14,15). The molecular weight excluding hydrogens is 272 g/mol. The van der Waals surface area contributed by atoms with Crippen molar-refractivity contribution in [3.63, 3.8) is 0 Å². The molecule has 86 valence electrons. The average Bonchev–Trinajstić information content (AvgIpc) is 2.69. The van der Waals surface area contributed by atoms with Gasteiger partial charge in [-0.2, -0.15) is 0 Å². The van der Waals surface area contributed by atoms with Crippen molar-refractivity contribution in [1.82, 2.24) is 0 Å². The van der Waals surface area contributed by atoms with E-state index in [4.69, 9.17) is 9.84 Å². The number of carboxylic acids is 1. The highest BCUT2D eigenvalue weighted by molar-refractivity contribution is 9.10. The molecule has 0 spiro atoms. The van der Waals surface area contributed by atoms with E-state index in [1.807, 2.05) is 6.92 Å². The van der Waals surface area contributed by atoms with Crippen LogP contribution in [0.2, 0.25) is 0 Å². The highest BCUT2D eigenvalue weighted by Gasteiger charge is 2.19. The van der Waals surface area contributed by atoms with Crippen LogP contribution in [0.15, 0.2) is 10.5 Å². The number of fused-ring (bicyclic) bond motifs is 1. The Hall–Kier alpha value is -1.03. The molecular formula is C12H13BrO3. The number of carboxylic acid groups (broad SMARTS) is 1. The Balaban J connectivity index is 2.32. The number of benzene rings is 1. The van der Waals surface area contributed by atoms with E-state index in [0.717, 1.165) is 34.4 Å². The van der Waals surface area contributed by atoms with Gasteiger partial charge in [0, 0.05) is 22.9 Å². The molecule has 2 rings (SSSR count). The molecule has 1 aromatic rings. The van der Waals surface area contributed by atoms with Crippen molar-refractivity contribution in [2.75, 3.05) is 6.61 Å². The second kappa shape index (κ2) is 4.45. The van der Waals surface area contributed by atoms with Crippen LogP contribution in [0.4, 0.5) is 0 Å². The van der Waals surface area contributed by atoms with Crippen LogP contribution in [-0.4, -0.2) is 17.7 Å². The zero-order valence-corrected chi connectivity index (χ0v) is 10.6. The number of aryl methyl sites for hydroxylation is 1. The molecule has 0 unspecified atom stereocenters. The van der Waals surface area contributed by atoms with Crippen molar-refractivity contribution in [2.45, 2.75) is 26.2 Å². The molecule has 0 fully saturated rings. The summed E-state index contributed by atoms with van der Waals surface area (Å²) < 4.78 is 6.53. The van der Waals surface area contributed by atoms with Crippen LogP contribution in [0.3, 0.4) is 0 Å². The summed E-state index contributed by atoms with van der Waals surface area (Å²) in [5.41, 5.74) is 3.33. The van der Waals surface area contributed by atoms with E-state index >= 15 is 0 Å². The lowest BCUT2D eigenvalue weighted by Gasteiger charge is -2.11. The van der Waals surface area contributed by atoms with Crippen LogP contribution in [0.1, 0.15) is 23.1 Å². The predicted molar refractivity (Wildman–Crippen MR) is 64.0 cm³/mol. The molecule has 0 aliphatic carbocycles. The van der Waals surface area contributed by atoms with Crippen LogP contribution in [0.25, 0.3) is 0 Å². The summed E-state index contributed by atoms with van der Waals surface area (Å²) in [4.78, 5) is 10.6. The van der Waals surface area contributed by atoms with Crippen molar-refractivity contribution >= 4 is 21.9 Å². The average molecular weight is 285 g/mol. The molecule has 0 amide bonds. The van der Waals surface area contributed by atoms with Crippen molar-refractivity contribution in [3.8, 4) is 5.75 Å². The van der Waals surface area contributed by atoms with E-state index in [-0.39, 0.29) is 6.42 Å². The molecule has 1 N–H and O–H groups in total. The van der Waals surface area contributed by atoms with Crippen LogP contribution in [0.5, 0.6) is 5.75 Å². The van der Waals surface area contributed by atoms with Crippen LogP contribution < -0.4 is 4.74 Å². The van der Waals surface area contributed by atoms with Gasteiger partial charge in [0.15, 0.2) is 0 Å². The SMILES string of the molecule is Cc1c(Br)c(CCC(=O)O)cc2c1OCC2. The van der Waals surface area contributed by atoms with Crippen LogP contribution in [0, 0.1) is 6.92 Å². The van der Waals surface area contributed by atoms with Gasteiger partial charge in [-0.25, -0.2) is 0 Å². The van der Waals surface area contributed by atoms with E-state index in [2.05, 4.69) is 22.0 Å². The first-order valence-electron chi connectivity index (χ1n) is 5.25. The minimum atomic E-state index is -0.763. The smallest absolute Gasteiger partial charge is 0.303 e. The lowest BCUT2D eigenvalue weighted by molar-refractivity contribution is -0.136. The van der Waals surface area contributed by atoms with Gasteiger partial charge < -0.3 is 9.84 Å². The molecule has 0 atom stereocenters. The van der Waals surface area contributed by atoms with Crippen molar-refractivity contribution in [2.24, 2.45) is 0 Å². The molecule has 0 radical (unpaired) electrons. The normalized spacial score (nSPS) is 13.4. The van der Waals surface area contributed by atoms with Gasteiger partial charge in [-0.1, -0.05) is 22.0 Å². The molecule has 1 heterocycles. The van der Waals surface area contributed by atoms with Crippen LogP contribution >= 0.6 is 15.9 Å². The van der Waals surface area contributed by atoms with Gasteiger partial charge in [-0.3, -0.25) is 4.79 Å². The Kier molecular flexibility index (Phi) is 3.19. The number of rotatable bonds is 3. The van der Waals surface area contributed by atoms with Gasteiger partial charge in [-0.15, -0.1) is 0 Å².